The topological polar surface area (TPSA) is 29.1 Å². The van der Waals surface area contributed by atoms with Gasteiger partial charge in [-0.25, -0.2) is 0 Å². The van der Waals surface area contributed by atoms with Gasteiger partial charge in [-0.2, -0.15) is 0 Å². The van der Waals surface area contributed by atoms with E-state index in [4.69, 9.17) is 0 Å². The smallest absolute Gasteiger partial charge is 0.204 e. The second-order valence-corrected chi connectivity index (χ2v) is 9.05. The summed E-state index contributed by atoms with van der Waals surface area (Å²) < 4.78 is 14.1. The summed E-state index contributed by atoms with van der Waals surface area (Å²) in [7, 11) is -2.87. The minimum Gasteiger partial charge on any atom is -0.297 e. The van der Waals surface area contributed by atoms with Gasteiger partial charge in [0.05, 0.1) is 0 Å². The van der Waals surface area contributed by atoms with E-state index >= 15 is 0 Å². The first-order valence-corrected chi connectivity index (χ1v) is 11.0. The molecule has 3 rings (SSSR count). The second-order valence-electron chi connectivity index (χ2n) is 6.54. The Morgan fingerprint density at radius 2 is 1.23 bits per heavy atom. The van der Waals surface area contributed by atoms with Crippen molar-refractivity contribution in [3.63, 3.8) is 0 Å². The molecule has 1 N–H and O–H groups in total. The van der Waals surface area contributed by atoms with Crippen LogP contribution in [0.3, 0.4) is 0 Å². The van der Waals surface area contributed by atoms with Crippen LogP contribution in [0.15, 0.2) is 91.0 Å². The molecule has 134 valence electrons. The summed E-state index contributed by atoms with van der Waals surface area (Å²) >= 11 is 0. The third-order valence-corrected chi connectivity index (χ3v) is 7.50. The second kappa shape index (κ2) is 8.98. The van der Waals surface area contributed by atoms with Crippen LogP contribution in [0.5, 0.6) is 0 Å². The molecule has 0 bridgehead atoms. The highest BCUT2D eigenvalue weighted by molar-refractivity contribution is 7.76. The summed E-state index contributed by atoms with van der Waals surface area (Å²) in [5.74, 6) is 0. The quantitative estimate of drug-likeness (QED) is 0.576. The Balaban J connectivity index is 1.84. The van der Waals surface area contributed by atoms with Gasteiger partial charge in [-0.3, -0.25) is 9.65 Å². The number of nitrogens with one attached hydrogen (secondary N) is 1. The van der Waals surface area contributed by atoms with Crippen molar-refractivity contribution in [2.45, 2.75) is 32.2 Å². The van der Waals surface area contributed by atoms with Crippen LogP contribution in [-0.4, -0.2) is 6.04 Å². The van der Waals surface area contributed by atoms with Gasteiger partial charge in [-0.15, -0.1) is 0 Å². The van der Waals surface area contributed by atoms with Crippen LogP contribution >= 0.6 is 7.29 Å². The molecule has 1 atom stereocenters. The maximum absolute atomic E-state index is 14.1. The molecule has 3 aromatic rings. The monoisotopic (exact) mass is 363 g/mol. The first-order valence-electron chi connectivity index (χ1n) is 9.25. The van der Waals surface area contributed by atoms with Crippen molar-refractivity contribution in [3.8, 4) is 0 Å². The summed E-state index contributed by atoms with van der Waals surface area (Å²) in [5, 5.41) is 5.27. The maximum atomic E-state index is 14.1. The number of hydrogen-bond acceptors (Lipinski definition) is 1. The Bertz CT molecular complexity index is 790. The zero-order valence-corrected chi connectivity index (χ0v) is 16.1. The first-order chi connectivity index (χ1) is 12.7. The molecule has 0 spiro atoms. The summed E-state index contributed by atoms with van der Waals surface area (Å²) in [5.41, 5.74) is 1.32. The van der Waals surface area contributed by atoms with Crippen LogP contribution in [0.1, 0.15) is 25.3 Å². The van der Waals surface area contributed by atoms with Crippen molar-refractivity contribution in [2.24, 2.45) is 0 Å². The summed E-state index contributed by atoms with van der Waals surface area (Å²) in [6, 6.07) is 30.3. The van der Waals surface area contributed by atoms with Crippen LogP contribution < -0.4 is 15.7 Å². The molecular weight excluding hydrogens is 337 g/mol. The van der Waals surface area contributed by atoms with Crippen LogP contribution in [0.4, 0.5) is 0 Å². The van der Waals surface area contributed by atoms with E-state index in [-0.39, 0.29) is 6.04 Å². The predicted molar refractivity (Wildman–Crippen MR) is 112 cm³/mol. The highest BCUT2D eigenvalue weighted by Crippen LogP contribution is 2.40. The molecule has 0 heterocycles. The molecule has 3 aromatic carbocycles. The summed E-state index contributed by atoms with van der Waals surface area (Å²) in [6.45, 7) is 2.16. The molecule has 26 heavy (non-hydrogen) atoms. The molecule has 0 aliphatic heterocycles. The average molecular weight is 363 g/mol. The highest BCUT2D eigenvalue weighted by Gasteiger charge is 2.29. The van der Waals surface area contributed by atoms with Gasteiger partial charge in [0, 0.05) is 16.7 Å². The van der Waals surface area contributed by atoms with Gasteiger partial charge >= 0.3 is 0 Å². The summed E-state index contributed by atoms with van der Waals surface area (Å²) in [4.78, 5) is 0. The normalized spacial score (nSPS) is 12.7. The van der Waals surface area contributed by atoms with Gasteiger partial charge in [-0.05, 0) is 49.1 Å². The largest absolute Gasteiger partial charge is 0.297 e. The Morgan fingerprint density at radius 1 is 0.769 bits per heavy atom. The lowest BCUT2D eigenvalue weighted by molar-refractivity contribution is 0.524. The fourth-order valence-corrected chi connectivity index (χ4v) is 5.78. The number of hydrogen-bond donors (Lipinski definition) is 1. The standard InChI is InChI=1S/C23H26NOP/c1-2-21(19-18-20-12-6-3-7-13-20)24-26(25,22-14-8-4-9-15-22)23-16-10-5-11-17-23/h3-17,21H,2,18-19H2,1H3,(H,24,25)/t21-/m0/s1. The average Bonchev–Trinajstić information content (AvgIpc) is 2.73. The van der Waals surface area contributed by atoms with Crippen molar-refractivity contribution in [1.82, 2.24) is 5.09 Å². The minimum atomic E-state index is -2.87. The van der Waals surface area contributed by atoms with Crippen molar-refractivity contribution in [1.29, 1.82) is 0 Å². The van der Waals surface area contributed by atoms with E-state index in [9.17, 15) is 4.57 Å². The van der Waals surface area contributed by atoms with Crippen LogP contribution in [0.2, 0.25) is 0 Å². The van der Waals surface area contributed by atoms with Crippen molar-refractivity contribution in [3.05, 3.63) is 96.6 Å². The SMILES string of the molecule is CC[C@@H](CCc1ccccc1)NP(=O)(c1ccccc1)c1ccccc1. The number of benzene rings is 3. The third kappa shape index (κ3) is 4.52. The molecule has 3 heteroatoms. The van der Waals surface area contributed by atoms with E-state index in [0.717, 1.165) is 29.9 Å². The van der Waals surface area contributed by atoms with Crippen molar-refractivity contribution >= 4 is 17.9 Å². The Kier molecular flexibility index (Phi) is 6.44. The van der Waals surface area contributed by atoms with Gasteiger partial charge < -0.3 is 0 Å². The van der Waals surface area contributed by atoms with E-state index in [0.29, 0.717) is 0 Å². The Hall–Kier alpha value is -2.15. The third-order valence-electron chi connectivity index (χ3n) is 4.72. The van der Waals surface area contributed by atoms with Gasteiger partial charge in [-0.1, -0.05) is 73.7 Å². The lowest BCUT2D eigenvalue weighted by atomic mass is 10.0. The fourth-order valence-electron chi connectivity index (χ4n) is 3.18. The zero-order valence-electron chi connectivity index (χ0n) is 15.2. The molecule has 2 nitrogen and oxygen atoms in total. The van der Waals surface area contributed by atoms with E-state index < -0.39 is 7.29 Å². The molecule has 0 fully saturated rings. The summed E-state index contributed by atoms with van der Waals surface area (Å²) in [6.07, 6.45) is 2.89. The molecule has 0 saturated carbocycles. The van der Waals surface area contributed by atoms with Gasteiger partial charge in [0.25, 0.3) is 0 Å². The van der Waals surface area contributed by atoms with Gasteiger partial charge in [0.2, 0.25) is 7.29 Å². The lowest BCUT2D eigenvalue weighted by Crippen LogP contribution is -2.35. The lowest BCUT2D eigenvalue weighted by Gasteiger charge is -2.26. The number of rotatable bonds is 8. The molecule has 0 saturated heterocycles. The van der Waals surface area contributed by atoms with E-state index in [1.165, 1.54) is 5.56 Å². The Morgan fingerprint density at radius 3 is 1.69 bits per heavy atom. The molecule has 0 aliphatic carbocycles. The van der Waals surface area contributed by atoms with E-state index in [2.05, 4.69) is 36.3 Å². The first kappa shape index (κ1) is 18.6. The molecule has 0 radical (unpaired) electrons. The Labute approximate surface area is 156 Å². The predicted octanol–water partition coefficient (Wildman–Crippen LogP) is 4.92. The van der Waals surface area contributed by atoms with E-state index in [1.807, 2.05) is 66.7 Å². The molecular formula is C23H26NOP. The van der Waals surface area contributed by atoms with Crippen LogP contribution in [0.25, 0.3) is 0 Å². The van der Waals surface area contributed by atoms with Gasteiger partial charge in [0.15, 0.2) is 0 Å². The van der Waals surface area contributed by atoms with Crippen LogP contribution in [-0.2, 0) is 11.0 Å². The van der Waals surface area contributed by atoms with Crippen molar-refractivity contribution < 1.29 is 4.57 Å². The van der Waals surface area contributed by atoms with Crippen LogP contribution in [0, 0.1) is 0 Å². The van der Waals surface area contributed by atoms with Crippen molar-refractivity contribution in [2.75, 3.05) is 0 Å². The van der Waals surface area contributed by atoms with E-state index in [1.54, 1.807) is 0 Å². The molecule has 0 aliphatic rings. The number of aryl methyl sites for hydroxylation is 1. The highest BCUT2D eigenvalue weighted by atomic mass is 31.2. The maximum Gasteiger partial charge on any atom is 0.204 e. The minimum absolute atomic E-state index is 0.196. The fraction of sp³-hybridized carbons (Fsp3) is 0.217. The molecule has 0 unspecified atom stereocenters. The molecule has 0 aromatic heterocycles. The molecule has 0 amide bonds. The zero-order chi connectivity index (χ0) is 18.2. The van der Waals surface area contributed by atoms with Gasteiger partial charge in [0.1, 0.15) is 0 Å².